The minimum Gasteiger partial charge on any atom is -0.447 e. The average molecular weight is 202 g/mol. The monoisotopic (exact) mass is 201 g/mol. The van der Waals surface area contributed by atoms with Gasteiger partial charge in [0.25, 0.3) is 0 Å². The first-order chi connectivity index (χ1) is 5.20. The Labute approximate surface area is 74.7 Å². The fraction of sp³-hybridized carbons (Fsp3) is 0.800. The van der Waals surface area contributed by atoms with E-state index in [1.54, 1.807) is 7.05 Å². The zero-order valence-electron chi connectivity index (χ0n) is 5.97. The number of hydroxylamine groups is 1. The molecule has 66 valence electrons. The molecule has 0 amide bonds. The molecule has 0 saturated carbocycles. The fourth-order valence-electron chi connectivity index (χ4n) is 0.417. The molecule has 1 N–H and O–H groups in total. The quantitative estimate of drug-likeness (QED) is 0.412. The van der Waals surface area contributed by atoms with Crippen LogP contribution >= 0.6 is 23.2 Å². The normalized spacial score (nSPS) is 12.6. The molecule has 0 aromatic carbocycles. The summed E-state index contributed by atoms with van der Waals surface area (Å²) in [5.74, 6) is 0.153. The van der Waals surface area contributed by atoms with Crippen molar-refractivity contribution in [1.29, 1.82) is 0 Å². The molecule has 0 aromatic rings. The largest absolute Gasteiger partial charge is 0.447 e. The van der Waals surface area contributed by atoms with Crippen LogP contribution in [-0.2, 0) is 9.57 Å². The van der Waals surface area contributed by atoms with Gasteiger partial charge >= 0.3 is 5.43 Å². The van der Waals surface area contributed by atoms with E-state index < -0.39 is 11.5 Å². The second-order valence-electron chi connectivity index (χ2n) is 1.65. The van der Waals surface area contributed by atoms with Gasteiger partial charge in [0.1, 0.15) is 12.7 Å². The highest BCUT2D eigenvalue weighted by atomic mass is 35.5. The van der Waals surface area contributed by atoms with E-state index in [1.807, 2.05) is 0 Å². The summed E-state index contributed by atoms with van der Waals surface area (Å²) in [6, 6.07) is 0. The zero-order valence-corrected chi connectivity index (χ0v) is 7.48. The second-order valence-corrected chi connectivity index (χ2v) is 2.26. The molecular weight excluding hydrogens is 193 g/mol. The molecule has 11 heavy (non-hydrogen) atoms. The summed E-state index contributed by atoms with van der Waals surface area (Å²) in [6.07, 6.45) is -0.505. The van der Waals surface area contributed by atoms with Crippen molar-refractivity contribution in [2.45, 2.75) is 6.10 Å². The molecular formula is C5H9Cl2NO3. The number of carbonyl (C=O) groups is 1. The molecule has 0 rings (SSSR count). The van der Waals surface area contributed by atoms with Crippen LogP contribution in [0.4, 0.5) is 4.79 Å². The summed E-state index contributed by atoms with van der Waals surface area (Å²) in [4.78, 5) is 14.9. The smallest absolute Gasteiger partial charge is 0.404 e. The van der Waals surface area contributed by atoms with E-state index in [-0.39, 0.29) is 12.5 Å². The van der Waals surface area contributed by atoms with Gasteiger partial charge in [-0.3, -0.25) is 4.84 Å². The third kappa shape index (κ3) is 6.37. The van der Waals surface area contributed by atoms with Crippen LogP contribution in [-0.4, -0.2) is 31.1 Å². The molecule has 1 atom stereocenters. The van der Waals surface area contributed by atoms with Gasteiger partial charge in [-0.25, -0.2) is 10.3 Å². The maximum atomic E-state index is 10.2. The maximum absolute atomic E-state index is 10.2. The highest BCUT2D eigenvalue weighted by molar-refractivity contribution is 6.61. The second kappa shape index (κ2) is 6.67. The number of rotatable bonds is 5. The van der Waals surface area contributed by atoms with Crippen molar-refractivity contribution in [3.05, 3.63) is 0 Å². The van der Waals surface area contributed by atoms with Gasteiger partial charge in [0.2, 0.25) is 0 Å². The Morgan fingerprint density at radius 3 is 2.73 bits per heavy atom. The summed E-state index contributed by atoms with van der Waals surface area (Å²) in [7, 11) is 1.59. The van der Waals surface area contributed by atoms with Crippen molar-refractivity contribution in [2.24, 2.45) is 0 Å². The van der Waals surface area contributed by atoms with Crippen LogP contribution in [0.5, 0.6) is 0 Å². The van der Waals surface area contributed by atoms with Crippen LogP contribution in [0, 0.1) is 0 Å². The number of hydrogen-bond acceptors (Lipinski definition) is 4. The molecule has 6 heteroatoms. The van der Waals surface area contributed by atoms with Gasteiger partial charge in [-0.2, -0.15) is 0 Å². The van der Waals surface area contributed by atoms with Crippen molar-refractivity contribution in [1.82, 2.24) is 5.48 Å². The van der Waals surface area contributed by atoms with Gasteiger partial charge < -0.3 is 4.74 Å². The summed E-state index contributed by atoms with van der Waals surface area (Å²) < 4.78 is 4.53. The topological polar surface area (TPSA) is 47.6 Å². The number of halogens is 2. The number of ether oxygens (including phenoxy) is 1. The lowest BCUT2D eigenvalue weighted by atomic mass is 10.4. The van der Waals surface area contributed by atoms with Crippen LogP contribution in [0.15, 0.2) is 0 Å². The predicted molar refractivity (Wildman–Crippen MR) is 41.9 cm³/mol. The Bertz CT molecular complexity index is 122. The molecule has 4 nitrogen and oxygen atoms in total. The number of hydrogen-bond donors (Lipinski definition) is 1. The van der Waals surface area contributed by atoms with Gasteiger partial charge in [0.05, 0.1) is 5.88 Å². The molecule has 0 fully saturated rings. The van der Waals surface area contributed by atoms with E-state index in [1.165, 1.54) is 0 Å². The average Bonchev–Trinajstić information content (AvgIpc) is 1.97. The minimum atomic E-state index is -0.879. The van der Waals surface area contributed by atoms with Crippen LogP contribution in [0.2, 0.25) is 0 Å². The van der Waals surface area contributed by atoms with E-state index in [9.17, 15) is 4.79 Å². The van der Waals surface area contributed by atoms with Crippen molar-refractivity contribution in [3.63, 3.8) is 0 Å². The van der Waals surface area contributed by atoms with Crippen LogP contribution in [0.1, 0.15) is 0 Å². The lowest BCUT2D eigenvalue weighted by Crippen LogP contribution is -2.26. The van der Waals surface area contributed by atoms with E-state index in [0.29, 0.717) is 0 Å². The van der Waals surface area contributed by atoms with Gasteiger partial charge in [-0.15, -0.1) is 11.6 Å². The summed E-state index contributed by atoms with van der Waals surface area (Å²) in [6.45, 7) is 0.179. The molecule has 0 heterocycles. The van der Waals surface area contributed by atoms with E-state index >= 15 is 0 Å². The first-order valence-corrected chi connectivity index (χ1v) is 3.82. The van der Waals surface area contributed by atoms with Crippen LogP contribution in [0.3, 0.4) is 0 Å². The number of alkyl halides is 1. The number of nitrogens with one attached hydrogen (secondary N) is 1. The third-order valence-corrected chi connectivity index (χ3v) is 1.28. The first kappa shape index (κ1) is 11.0. The Morgan fingerprint density at radius 1 is 1.73 bits per heavy atom. The van der Waals surface area contributed by atoms with Crippen molar-refractivity contribution in [2.75, 3.05) is 19.5 Å². The highest BCUT2D eigenvalue weighted by Crippen LogP contribution is 1.99. The Hall–Kier alpha value is -0.0300. The maximum Gasteiger partial charge on any atom is 0.404 e. The molecule has 0 aliphatic carbocycles. The highest BCUT2D eigenvalue weighted by Gasteiger charge is 2.11. The molecule has 1 unspecified atom stereocenters. The minimum absolute atomic E-state index is 0.153. The zero-order chi connectivity index (χ0) is 8.69. The first-order valence-electron chi connectivity index (χ1n) is 2.91. The van der Waals surface area contributed by atoms with Gasteiger partial charge in [0.15, 0.2) is 0 Å². The molecule has 0 aliphatic heterocycles. The number of carbonyl (C=O) groups excluding carboxylic acids is 1. The standard InChI is InChI=1S/C5H9Cl2NO3/c1-8-10-3-4(2-6)11-5(7)9/h4,8H,2-3H2,1H3. The SMILES string of the molecule is CNOCC(CCl)OC(=O)Cl. The predicted octanol–water partition coefficient (Wildman–Crippen LogP) is 1.12. The Kier molecular flexibility index (Phi) is 6.65. The molecule has 0 saturated heterocycles. The van der Waals surface area contributed by atoms with Crippen LogP contribution in [0.25, 0.3) is 0 Å². The van der Waals surface area contributed by atoms with Gasteiger partial charge in [0, 0.05) is 18.6 Å². The van der Waals surface area contributed by atoms with E-state index in [0.717, 1.165) is 0 Å². The lowest BCUT2D eigenvalue weighted by molar-refractivity contribution is -0.00349. The molecule has 0 radical (unpaired) electrons. The third-order valence-electron chi connectivity index (χ3n) is 0.845. The van der Waals surface area contributed by atoms with Crippen molar-refractivity contribution in [3.8, 4) is 0 Å². The van der Waals surface area contributed by atoms with Gasteiger partial charge in [-0.1, -0.05) is 0 Å². The molecule has 0 bridgehead atoms. The van der Waals surface area contributed by atoms with Crippen molar-refractivity contribution >= 4 is 28.6 Å². The molecule has 0 aromatic heterocycles. The lowest BCUT2D eigenvalue weighted by Gasteiger charge is -2.11. The van der Waals surface area contributed by atoms with Gasteiger partial charge in [-0.05, 0) is 0 Å². The van der Waals surface area contributed by atoms with E-state index in [2.05, 4.69) is 10.2 Å². The summed E-state index contributed by atoms with van der Waals surface area (Å²) >= 11 is 10.3. The molecule has 0 spiro atoms. The fourth-order valence-corrected chi connectivity index (χ4v) is 0.695. The van der Waals surface area contributed by atoms with E-state index in [4.69, 9.17) is 28.0 Å². The summed E-state index contributed by atoms with van der Waals surface area (Å²) in [5.41, 5.74) is 1.53. The molecule has 0 aliphatic rings. The Balaban J connectivity index is 3.49. The summed E-state index contributed by atoms with van der Waals surface area (Å²) in [5, 5.41) is 0. The van der Waals surface area contributed by atoms with Crippen molar-refractivity contribution < 1.29 is 14.4 Å². The van der Waals surface area contributed by atoms with Crippen LogP contribution < -0.4 is 5.48 Å². The Morgan fingerprint density at radius 2 is 2.36 bits per heavy atom.